The first kappa shape index (κ1) is 20.2. The van der Waals surface area contributed by atoms with E-state index in [1.165, 1.54) is 19.3 Å². The van der Waals surface area contributed by atoms with Crippen LogP contribution < -0.4 is 10.2 Å². The second-order valence-corrected chi connectivity index (χ2v) is 8.59. The summed E-state index contributed by atoms with van der Waals surface area (Å²) in [6.07, 6.45) is 10.2. The molecule has 1 saturated heterocycles. The highest BCUT2D eigenvalue weighted by molar-refractivity contribution is 5.75. The normalized spacial score (nSPS) is 19.7. The van der Waals surface area contributed by atoms with Gasteiger partial charge in [0, 0.05) is 55.6 Å². The number of rotatable bonds is 3. The number of carbonyl (C=O) groups excluding carboxylic acids is 1. The molecule has 1 saturated carbocycles. The predicted molar refractivity (Wildman–Crippen MR) is 118 cm³/mol. The topological polar surface area (TPSA) is 83.5 Å². The molecule has 4 heterocycles. The van der Waals surface area contributed by atoms with Gasteiger partial charge in [0.1, 0.15) is 5.82 Å². The van der Waals surface area contributed by atoms with Gasteiger partial charge in [-0.15, -0.1) is 0 Å². The van der Waals surface area contributed by atoms with Crippen molar-refractivity contribution in [1.29, 1.82) is 0 Å². The van der Waals surface area contributed by atoms with E-state index < -0.39 is 0 Å². The van der Waals surface area contributed by atoms with E-state index in [0.717, 1.165) is 55.0 Å². The van der Waals surface area contributed by atoms with Crippen molar-refractivity contribution in [2.75, 3.05) is 37.7 Å². The molecule has 8 heteroatoms. The molecule has 2 aromatic rings. The zero-order valence-electron chi connectivity index (χ0n) is 17.9. The summed E-state index contributed by atoms with van der Waals surface area (Å²) in [5.41, 5.74) is 3.02. The number of pyridine rings is 1. The van der Waals surface area contributed by atoms with Crippen LogP contribution in [0.3, 0.4) is 0 Å². The Kier molecular flexibility index (Phi) is 5.97. The minimum Gasteiger partial charge on any atom is -0.378 e. The molecule has 1 N–H and O–H groups in total. The fourth-order valence-electron chi connectivity index (χ4n) is 4.74. The van der Waals surface area contributed by atoms with Crippen molar-refractivity contribution < 1.29 is 9.53 Å². The number of hydrogen-bond donors (Lipinski definition) is 1. The van der Waals surface area contributed by atoms with Gasteiger partial charge < -0.3 is 19.9 Å². The molecule has 0 unspecified atom stereocenters. The molecule has 2 aliphatic heterocycles. The third kappa shape index (κ3) is 4.49. The highest BCUT2D eigenvalue weighted by atomic mass is 16.5. The molecule has 0 bridgehead atoms. The van der Waals surface area contributed by atoms with Crippen molar-refractivity contribution >= 4 is 11.8 Å². The molecule has 5 rings (SSSR count). The van der Waals surface area contributed by atoms with Gasteiger partial charge in [-0.3, -0.25) is 4.98 Å². The molecule has 0 spiro atoms. The lowest BCUT2D eigenvalue weighted by atomic mass is 9.95. The number of amides is 2. The zero-order chi connectivity index (χ0) is 21.0. The number of morpholine rings is 1. The molecule has 0 radical (unpaired) electrons. The summed E-state index contributed by atoms with van der Waals surface area (Å²) in [6, 6.07) is 4.25. The van der Waals surface area contributed by atoms with Gasteiger partial charge in [-0.05, 0) is 25.0 Å². The van der Waals surface area contributed by atoms with Crippen LogP contribution >= 0.6 is 0 Å². The Bertz CT molecular complexity index is 910. The summed E-state index contributed by atoms with van der Waals surface area (Å²) in [5.74, 6) is 1.63. The summed E-state index contributed by atoms with van der Waals surface area (Å²) in [5, 5.41) is 3.26. The van der Waals surface area contributed by atoms with Gasteiger partial charge in [-0.1, -0.05) is 19.3 Å². The summed E-state index contributed by atoms with van der Waals surface area (Å²) in [7, 11) is 0. The number of fused-ring (bicyclic) bond motifs is 1. The Morgan fingerprint density at radius 3 is 2.71 bits per heavy atom. The summed E-state index contributed by atoms with van der Waals surface area (Å²) >= 11 is 0. The number of hydrogen-bond acceptors (Lipinski definition) is 6. The van der Waals surface area contributed by atoms with Gasteiger partial charge in [0.15, 0.2) is 5.82 Å². The van der Waals surface area contributed by atoms with E-state index >= 15 is 0 Å². The fourth-order valence-corrected chi connectivity index (χ4v) is 4.74. The first-order valence-electron chi connectivity index (χ1n) is 11.5. The average Bonchev–Trinajstić information content (AvgIpc) is 2.84. The Morgan fingerprint density at radius 2 is 1.94 bits per heavy atom. The highest BCUT2D eigenvalue weighted by Gasteiger charge is 2.29. The molecule has 31 heavy (non-hydrogen) atoms. The molecule has 3 aliphatic rings. The Balaban J connectivity index is 1.42. The SMILES string of the molecule is O=C(NC1CCCCC1)N1CCc2nc(-c3cccnc3)nc(N3CCOCC3)c2C1. The van der Waals surface area contributed by atoms with E-state index in [9.17, 15) is 4.79 Å². The van der Waals surface area contributed by atoms with Gasteiger partial charge in [-0.25, -0.2) is 14.8 Å². The smallest absolute Gasteiger partial charge is 0.317 e. The van der Waals surface area contributed by atoms with Crippen LogP contribution in [0.1, 0.15) is 43.4 Å². The number of urea groups is 1. The maximum atomic E-state index is 13.0. The van der Waals surface area contributed by atoms with E-state index in [-0.39, 0.29) is 6.03 Å². The van der Waals surface area contributed by atoms with E-state index in [4.69, 9.17) is 14.7 Å². The zero-order valence-corrected chi connectivity index (χ0v) is 17.9. The largest absolute Gasteiger partial charge is 0.378 e. The van der Waals surface area contributed by atoms with Crippen LogP contribution in [0.5, 0.6) is 0 Å². The van der Waals surface area contributed by atoms with Gasteiger partial charge in [0.2, 0.25) is 0 Å². The Morgan fingerprint density at radius 1 is 1.10 bits per heavy atom. The summed E-state index contributed by atoms with van der Waals surface area (Å²) in [6.45, 7) is 4.19. The molecule has 1 aliphatic carbocycles. The van der Waals surface area contributed by atoms with Crippen LogP contribution in [0.2, 0.25) is 0 Å². The fraction of sp³-hybridized carbons (Fsp3) is 0.565. The molecular weight excluding hydrogens is 392 g/mol. The van der Waals surface area contributed by atoms with Crippen LogP contribution in [0.4, 0.5) is 10.6 Å². The van der Waals surface area contributed by atoms with Gasteiger partial charge in [-0.2, -0.15) is 0 Å². The van der Waals surface area contributed by atoms with Crippen LogP contribution in [0, 0.1) is 0 Å². The van der Waals surface area contributed by atoms with Crippen LogP contribution in [0.15, 0.2) is 24.5 Å². The monoisotopic (exact) mass is 422 g/mol. The second-order valence-electron chi connectivity index (χ2n) is 8.59. The van der Waals surface area contributed by atoms with Gasteiger partial charge in [0.05, 0.1) is 25.5 Å². The first-order valence-corrected chi connectivity index (χ1v) is 11.5. The van der Waals surface area contributed by atoms with Crippen molar-refractivity contribution in [3.05, 3.63) is 35.8 Å². The number of aromatic nitrogens is 3. The maximum absolute atomic E-state index is 13.0. The maximum Gasteiger partial charge on any atom is 0.317 e. The number of ether oxygens (including phenoxy) is 1. The standard InChI is InChI=1S/C23H30N6O2/c30-23(25-18-6-2-1-3-7-18)29-10-8-20-19(16-29)22(28-11-13-31-14-12-28)27-21(26-20)17-5-4-9-24-15-17/h4-5,9,15,18H,1-3,6-8,10-14,16H2,(H,25,30). The van der Waals surface area contributed by atoms with Crippen LogP contribution in [0.25, 0.3) is 11.4 Å². The molecular formula is C23H30N6O2. The van der Waals surface area contributed by atoms with Gasteiger partial charge >= 0.3 is 6.03 Å². The van der Waals surface area contributed by atoms with Gasteiger partial charge in [0.25, 0.3) is 0 Å². The average molecular weight is 423 g/mol. The third-order valence-electron chi connectivity index (χ3n) is 6.49. The first-order chi connectivity index (χ1) is 15.3. The molecule has 2 fully saturated rings. The van der Waals surface area contributed by atoms with Crippen LogP contribution in [-0.2, 0) is 17.7 Å². The number of carbonyl (C=O) groups is 1. The summed E-state index contributed by atoms with van der Waals surface area (Å²) in [4.78, 5) is 31.2. The predicted octanol–water partition coefficient (Wildman–Crippen LogP) is 2.78. The lowest BCUT2D eigenvalue weighted by molar-refractivity contribution is 0.122. The molecule has 164 valence electrons. The van der Waals surface area contributed by atoms with E-state index in [1.54, 1.807) is 12.4 Å². The third-order valence-corrected chi connectivity index (χ3v) is 6.49. The van der Waals surface area contributed by atoms with Crippen molar-refractivity contribution in [1.82, 2.24) is 25.2 Å². The minimum absolute atomic E-state index is 0.0433. The van der Waals surface area contributed by atoms with Crippen molar-refractivity contribution in [3.8, 4) is 11.4 Å². The van der Waals surface area contributed by atoms with Crippen LogP contribution in [-0.4, -0.2) is 64.8 Å². The molecule has 8 nitrogen and oxygen atoms in total. The molecule has 2 amide bonds. The number of nitrogens with zero attached hydrogens (tertiary/aromatic N) is 5. The summed E-state index contributed by atoms with van der Waals surface area (Å²) < 4.78 is 5.55. The Labute approximate surface area is 183 Å². The number of anilines is 1. The van der Waals surface area contributed by atoms with E-state index in [0.29, 0.717) is 38.2 Å². The molecule has 0 aromatic carbocycles. The number of nitrogens with one attached hydrogen (secondary N) is 1. The van der Waals surface area contributed by atoms with E-state index in [1.807, 2.05) is 17.0 Å². The quantitative estimate of drug-likeness (QED) is 0.819. The van der Waals surface area contributed by atoms with Crippen molar-refractivity contribution in [2.45, 2.75) is 51.1 Å². The molecule has 2 aromatic heterocycles. The highest BCUT2D eigenvalue weighted by Crippen LogP contribution is 2.30. The Hall–Kier alpha value is -2.74. The lowest BCUT2D eigenvalue weighted by Crippen LogP contribution is -2.48. The van der Waals surface area contributed by atoms with Crippen molar-refractivity contribution in [3.63, 3.8) is 0 Å². The lowest BCUT2D eigenvalue weighted by Gasteiger charge is -2.35. The second kappa shape index (κ2) is 9.18. The minimum atomic E-state index is 0.0433. The van der Waals surface area contributed by atoms with E-state index in [2.05, 4.69) is 15.2 Å². The molecule has 0 atom stereocenters. The van der Waals surface area contributed by atoms with Crippen molar-refractivity contribution in [2.24, 2.45) is 0 Å².